The first-order chi connectivity index (χ1) is 24.7. The Labute approximate surface area is 311 Å². The summed E-state index contributed by atoms with van der Waals surface area (Å²) >= 11 is 0. The van der Waals surface area contributed by atoms with Crippen LogP contribution >= 0.6 is 0 Å². The van der Waals surface area contributed by atoms with Crippen LogP contribution in [0.15, 0.2) is 0 Å². The van der Waals surface area contributed by atoms with Crippen LogP contribution in [0, 0.1) is 0 Å². The van der Waals surface area contributed by atoms with Crippen LogP contribution in [-0.2, 0) is 19.1 Å². The summed E-state index contributed by atoms with van der Waals surface area (Å²) in [4.78, 5) is 72.4. The van der Waals surface area contributed by atoms with Gasteiger partial charge in [0.25, 0.3) is 0 Å². The second-order valence-electron chi connectivity index (χ2n) is 14.3. The highest BCUT2D eigenvalue weighted by molar-refractivity contribution is 5.91. The van der Waals surface area contributed by atoms with Gasteiger partial charge in [0.1, 0.15) is 17.7 Å². The maximum absolute atomic E-state index is 13.2. The number of unbranched alkanes of at least 4 members (excludes halogenated alkanes) is 13. The molecule has 0 aromatic heterocycles. The van der Waals surface area contributed by atoms with Crippen molar-refractivity contribution in [1.29, 1.82) is 0 Å². The summed E-state index contributed by atoms with van der Waals surface area (Å²) in [6.07, 6.45) is 13.9. The highest BCUT2D eigenvalue weighted by Gasteiger charge is 2.26. The van der Waals surface area contributed by atoms with Gasteiger partial charge in [0.15, 0.2) is 0 Å². The maximum Gasteiger partial charge on any atom is 0.407 e. The molecular formula is C37H70N6O9. The van der Waals surface area contributed by atoms with E-state index in [9.17, 15) is 33.9 Å². The van der Waals surface area contributed by atoms with Crippen LogP contribution in [0.25, 0.3) is 0 Å². The van der Waals surface area contributed by atoms with Gasteiger partial charge in [-0.15, -0.1) is 0 Å². The van der Waals surface area contributed by atoms with Gasteiger partial charge in [0, 0.05) is 32.6 Å². The van der Waals surface area contributed by atoms with Crippen molar-refractivity contribution in [3.63, 3.8) is 0 Å². The number of alkyl carbamates (subject to hydrolysis) is 1. The Morgan fingerprint density at radius 3 is 1.52 bits per heavy atom. The van der Waals surface area contributed by atoms with E-state index in [1.807, 2.05) is 0 Å². The average Bonchev–Trinajstić information content (AvgIpc) is 3.06. The molecule has 0 bridgehead atoms. The van der Waals surface area contributed by atoms with E-state index < -0.39 is 47.8 Å². The molecule has 2 atom stereocenters. The number of ether oxygens (including phenoxy) is 1. The minimum Gasteiger partial charge on any atom is -0.465 e. The Bertz CT molecular complexity index is 1020. The van der Waals surface area contributed by atoms with Crippen LogP contribution in [0.3, 0.4) is 0 Å². The molecule has 15 heteroatoms. The summed E-state index contributed by atoms with van der Waals surface area (Å²) in [6, 6.07) is -2.06. The summed E-state index contributed by atoms with van der Waals surface area (Å²) in [5, 5.41) is 33.6. The van der Waals surface area contributed by atoms with E-state index in [0.717, 1.165) is 32.1 Å². The molecule has 0 heterocycles. The molecule has 0 aromatic rings. The molecule has 0 rings (SSSR count). The second-order valence-corrected chi connectivity index (χ2v) is 14.3. The lowest BCUT2D eigenvalue weighted by Gasteiger charge is -2.23. The lowest BCUT2D eigenvalue weighted by atomic mass is 10.1. The summed E-state index contributed by atoms with van der Waals surface area (Å²) in [5.41, 5.74) is -0.632. The minimum absolute atomic E-state index is 0.0971. The van der Waals surface area contributed by atoms with Crippen molar-refractivity contribution in [1.82, 2.24) is 31.9 Å². The Hall–Kier alpha value is -3.78. The van der Waals surface area contributed by atoms with Gasteiger partial charge < -0.3 is 46.9 Å². The number of rotatable bonds is 31. The molecule has 0 saturated heterocycles. The fraction of sp³-hybridized carbons (Fsp3) is 0.838. The molecule has 0 saturated carbocycles. The van der Waals surface area contributed by atoms with Crippen molar-refractivity contribution in [2.45, 2.75) is 174 Å². The SMILES string of the molecule is CCCCCCCCCCCC(=O)NCCCCCCNC(=O)C(CCCCNC(=O)OC(C)(C)C)NC(=O)C(CCCCNC(=O)O)NC(=O)O. The quantitative estimate of drug-likeness (QED) is 0.0392. The third-order valence-corrected chi connectivity index (χ3v) is 8.26. The second kappa shape index (κ2) is 30.8. The third kappa shape index (κ3) is 31.0. The molecule has 15 nitrogen and oxygen atoms in total. The fourth-order valence-corrected chi connectivity index (χ4v) is 5.46. The topological polar surface area (TPSA) is 224 Å². The molecule has 0 radical (unpaired) electrons. The zero-order chi connectivity index (χ0) is 39.0. The molecule has 6 amide bonds. The fourth-order valence-electron chi connectivity index (χ4n) is 5.46. The van der Waals surface area contributed by atoms with Crippen LogP contribution in [0.2, 0.25) is 0 Å². The number of carboxylic acid groups (broad SMARTS) is 2. The number of hydrogen-bond acceptors (Lipinski definition) is 7. The molecule has 0 spiro atoms. The zero-order valence-electron chi connectivity index (χ0n) is 32.4. The van der Waals surface area contributed by atoms with Crippen molar-refractivity contribution in [3.8, 4) is 0 Å². The first kappa shape index (κ1) is 48.2. The lowest BCUT2D eigenvalue weighted by molar-refractivity contribution is -0.130. The molecule has 2 unspecified atom stereocenters. The molecule has 0 aromatic carbocycles. The van der Waals surface area contributed by atoms with Crippen LogP contribution in [0.4, 0.5) is 14.4 Å². The van der Waals surface area contributed by atoms with Crippen molar-refractivity contribution < 1.29 is 43.7 Å². The predicted octanol–water partition coefficient (Wildman–Crippen LogP) is 5.95. The van der Waals surface area contributed by atoms with Crippen LogP contribution in [0.1, 0.15) is 156 Å². The van der Waals surface area contributed by atoms with Gasteiger partial charge in [0.2, 0.25) is 17.7 Å². The highest BCUT2D eigenvalue weighted by Crippen LogP contribution is 2.11. The monoisotopic (exact) mass is 743 g/mol. The van der Waals surface area contributed by atoms with E-state index in [4.69, 9.17) is 9.84 Å². The number of amides is 6. The lowest BCUT2D eigenvalue weighted by Crippen LogP contribution is -2.53. The van der Waals surface area contributed by atoms with Crippen LogP contribution < -0.4 is 31.9 Å². The molecule has 0 aliphatic carbocycles. The first-order valence-corrected chi connectivity index (χ1v) is 19.5. The first-order valence-electron chi connectivity index (χ1n) is 19.5. The Kier molecular flexibility index (Phi) is 28.6. The number of carbonyl (C=O) groups excluding carboxylic acids is 4. The zero-order valence-corrected chi connectivity index (χ0v) is 32.4. The smallest absolute Gasteiger partial charge is 0.407 e. The van der Waals surface area contributed by atoms with Gasteiger partial charge in [-0.05, 0) is 78.6 Å². The van der Waals surface area contributed by atoms with E-state index in [2.05, 4.69) is 38.8 Å². The summed E-state index contributed by atoms with van der Waals surface area (Å²) in [6.45, 7) is 9.00. The molecule has 0 fully saturated rings. The predicted molar refractivity (Wildman–Crippen MR) is 201 cm³/mol. The van der Waals surface area contributed by atoms with Gasteiger partial charge in [-0.2, -0.15) is 0 Å². The van der Waals surface area contributed by atoms with E-state index in [1.165, 1.54) is 44.9 Å². The number of nitrogens with one attached hydrogen (secondary N) is 6. The van der Waals surface area contributed by atoms with Gasteiger partial charge in [-0.3, -0.25) is 14.4 Å². The maximum atomic E-state index is 13.2. The van der Waals surface area contributed by atoms with Crippen LogP contribution in [0.5, 0.6) is 0 Å². The van der Waals surface area contributed by atoms with Gasteiger partial charge >= 0.3 is 18.3 Å². The van der Waals surface area contributed by atoms with E-state index in [0.29, 0.717) is 58.2 Å². The van der Waals surface area contributed by atoms with E-state index in [-0.39, 0.29) is 25.3 Å². The molecule has 302 valence electrons. The van der Waals surface area contributed by atoms with Crippen molar-refractivity contribution in [3.05, 3.63) is 0 Å². The normalized spacial score (nSPS) is 12.2. The number of hydrogen-bond donors (Lipinski definition) is 8. The van der Waals surface area contributed by atoms with Gasteiger partial charge in [-0.25, -0.2) is 14.4 Å². The van der Waals surface area contributed by atoms with Crippen molar-refractivity contribution in [2.24, 2.45) is 0 Å². The summed E-state index contributed by atoms with van der Waals surface area (Å²) < 4.78 is 5.23. The molecule has 0 aliphatic heterocycles. The van der Waals surface area contributed by atoms with Crippen LogP contribution in [-0.4, -0.2) is 90.1 Å². The molecule has 0 aliphatic rings. The summed E-state index contributed by atoms with van der Waals surface area (Å²) in [5.74, 6) is -0.947. The van der Waals surface area contributed by atoms with Crippen molar-refractivity contribution in [2.75, 3.05) is 26.2 Å². The minimum atomic E-state index is -1.39. The highest BCUT2D eigenvalue weighted by atomic mass is 16.6. The standard InChI is InChI=1S/C37H70N6O9/c1-5-6-7-8-9-10-11-12-15-24-31(44)38-25-18-13-14-19-26-39-32(45)29(22-17-21-28-41-36(51)52-37(2,3)4)42-33(46)30(43-35(49)50)23-16-20-27-40-34(47)48/h29-30,40,43H,5-28H2,1-4H3,(H,38,44)(H,39,45)(H,41,51)(H,42,46)(H,47,48)(H,49,50). The third-order valence-electron chi connectivity index (χ3n) is 8.26. The molecule has 52 heavy (non-hydrogen) atoms. The van der Waals surface area contributed by atoms with Gasteiger partial charge in [-0.1, -0.05) is 71.1 Å². The largest absolute Gasteiger partial charge is 0.465 e. The Balaban J connectivity index is 4.67. The average molecular weight is 743 g/mol. The molecular weight excluding hydrogens is 672 g/mol. The number of carbonyl (C=O) groups is 6. The van der Waals surface area contributed by atoms with E-state index in [1.54, 1.807) is 20.8 Å². The van der Waals surface area contributed by atoms with Crippen molar-refractivity contribution >= 4 is 36.0 Å². The van der Waals surface area contributed by atoms with E-state index >= 15 is 0 Å². The Morgan fingerprint density at radius 2 is 0.981 bits per heavy atom. The molecule has 8 N–H and O–H groups in total. The summed E-state index contributed by atoms with van der Waals surface area (Å²) in [7, 11) is 0. The van der Waals surface area contributed by atoms with Gasteiger partial charge in [0.05, 0.1) is 0 Å². The Morgan fingerprint density at radius 1 is 0.519 bits per heavy atom.